The number of nitrogens with zero attached hydrogens (tertiary/aromatic N) is 2. The molecule has 0 radical (unpaired) electrons. The predicted molar refractivity (Wildman–Crippen MR) is 105 cm³/mol. The number of nitrogens with one attached hydrogen (secondary N) is 3. The van der Waals surface area contributed by atoms with Gasteiger partial charge in [0.2, 0.25) is 0 Å². The largest absolute Gasteiger partial charge is 0.350 e. The molecule has 8 nitrogen and oxygen atoms in total. The molecule has 3 atom stereocenters. The van der Waals surface area contributed by atoms with Crippen LogP contribution in [-0.2, 0) is 22.2 Å². The lowest BCUT2D eigenvalue weighted by Crippen LogP contribution is -3.11. The van der Waals surface area contributed by atoms with Crippen molar-refractivity contribution < 1.29 is 19.3 Å². The van der Waals surface area contributed by atoms with Gasteiger partial charge in [-0.05, 0) is 24.6 Å². The van der Waals surface area contributed by atoms with Crippen molar-refractivity contribution in [3.8, 4) is 0 Å². The minimum atomic E-state index is -1.20. The van der Waals surface area contributed by atoms with Gasteiger partial charge < -0.3 is 14.8 Å². The molecule has 0 saturated carbocycles. The molecule has 0 bridgehead atoms. The fraction of sp³-hybridized carbons (Fsp3) is 0.381. The van der Waals surface area contributed by atoms with Gasteiger partial charge in [-0.2, -0.15) is 5.01 Å². The van der Waals surface area contributed by atoms with E-state index in [-0.39, 0.29) is 18.5 Å². The van der Waals surface area contributed by atoms with E-state index in [1.165, 1.54) is 5.69 Å². The third-order valence-corrected chi connectivity index (χ3v) is 5.99. The molecule has 2 aliphatic heterocycles. The van der Waals surface area contributed by atoms with Crippen molar-refractivity contribution in [2.24, 2.45) is 7.05 Å². The highest BCUT2D eigenvalue weighted by atomic mass is 16.2. The molecule has 2 saturated heterocycles. The van der Waals surface area contributed by atoms with Crippen LogP contribution in [0.25, 0.3) is 0 Å². The first kappa shape index (κ1) is 19.2. The van der Waals surface area contributed by atoms with Gasteiger partial charge in [-0.15, -0.1) is 0 Å². The predicted octanol–water partition coefficient (Wildman–Crippen LogP) is 0.243. The zero-order valence-corrected chi connectivity index (χ0v) is 16.6. The Morgan fingerprint density at radius 3 is 2.69 bits per heavy atom. The van der Waals surface area contributed by atoms with Crippen LogP contribution in [0.2, 0.25) is 0 Å². The van der Waals surface area contributed by atoms with Crippen LogP contribution in [0, 0.1) is 0 Å². The fourth-order valence-corrected chi connectivity index (χ4v) is 4.39. The summed E-state index contributed by atoms with van der Waals surface area (Å²) in [6.45, 7) is 2.73. The quantitative estimate of drug-likeness (QED) is 0.633. The van der Waals surface area contributed by atoms with Crippen LogP contribution in [0.3, 0.4) is 0 Å². The molecule has 0 aliphatic carbocycles. The summed E-state index contributed by atoms with van der Waals surface area (Å²) in [7, 11) is 2.00. The number of benzene rings is 1. The van der Waals surface area contributed by atoms with Crippen LogP contribution >= 0.6 is 0 Å². The van der Waals surface area contributed by atoms with Gasteiger partial charge in [0.1, 0.15) is 11.6 Å². The molecule has 152 valence electrons. The van der Waals surface area contributed by atoms with E-state index in [0.29, 0.717) is 5.56 Å². The van der Waals surface area contributed by atoms with Crippen molar-refractivity contribution in [1.29, 1.82) is 0 Å². The van der Waals surface area contributed by atoms with Crippen LogP contribution in [0.15, 0.2) is 48.7 Å². The zero-order chi connectivity index (χ0) is 20.6. The van der Waals surface area contributed by atoms with Gasteiger partial charge in [-0.25, -0.2) is 4.79 Å². The van der Waals surface area contributed by atoms with Gasteiger partial charge >= 0.3 is 6.03 Å². The number of urea groups is 1. The van der Waals surface area contributed by atoms with E-state index in [9.17, 15) is 14.4 Å². The summed E-state index contributed by atoms with van der Waals surface area (Å²) in [6, 6.07) is 12.7. The van der Waals surface area contributed by atoms with Crippen molar-refractivity contribution in [2.45, 2.75) is 31.3 Å². The molecule has 3 heterocycles. The maximum atomic E-state index is 12.9. The van der Waals surface area contributed by atoms with Crippen molar-refractivity contribution in [2.75, 3.05) is 13.1 Å². The fourth-order valence-electron chi connectivity index (χ4n) is 4.39. The number of aromatic nitrogens is 1. The number of amides is 4. The standard InChI is InChI=1S/C21H25N5O3/c1-21(15-8-4-3-5-9-15)19(28)26(20(29)22-21)23-18(27)14-25-13-7-11-17(25)16-10-6-12-24(16)2/h3-6,8-10,12,17H,7,11,13-14H2,1-2H3,(H,22,29)(H,23,27)/p+1/t17-,21-/m1/s1. The molecular formula is C21H26N5O3+. The highest BCUT2D eigenvalue weighted by Crippen LogP contribution is 2.27. The number of quaternary nitrogens is 1. The zero-order valence-electron chi connectivity index (χ0n) is 16.6. The second kappa shape index (κ2) is 7.36. The number of aryl methyl sites for hydroxylation is 1. The minimum Gasteiger partial charge on any atom is -0.350 e. The third kappa shape index (κ3) is 3.40. The summed E-state index contributed by atoms with van der Waals surface area (Å²) in [6.07, 6.45) is 4.05. The molecule has 3 N–H and O–H groups in total. The van der Waals surface area contributed by atoms with Crippen LogP contribution in [0.4, 0.5) is 4.79 Å². The van der Waals surface area contributed by atoms with E-state index in [2.05, 4.69) is 21.4 Å². The van der Waals surface area contributed by atoms with E-state index in [1.807, 2.05) is 37.5 Å². The van der Waals surface area contributed by atoms with Gasteiger partial charge in [-0.3, -0.25) is 15.0 Å². The Bertz CT molecular complexity index is 941. The van der Waals surface area contributed by atoms with Gasteiger partial charge in [0, 0.05) is 26.1 Å². The monoisotopic (exact) mass is 396 g/mol. The van der Waals surface area contributed by atoms with E-state index in [4.69, 9.17) is 0 Å². The first-order valence-electron chi connectivity index (χ1n) is 9.87. The Labute approximate surface area is 169 Å². The highest BCUT2D eigenvalue weighted by molar-refractivity contribution is 6.08. The Balaban J connectivity index is 1.44. The average molecular weight is 396 g/mol. The maximum Gasteiger partial charge on any atom is 0.344 e. The lowest BCUT2D eigenvalue weighted by atomic mass is 9.92. The summed E-state index contributed by atoms with van der Waals surface area (Å²) in [4.78, 5) is 39.2. The Morgan fingerprint density at radius 2 is 2.00 bits per heavy atom. The summed E-state index contributed by atoms with van der Waals surface area (Å²) in [5, 5.41) is 3.50. The van der Waals surface area contributed by atoms with Gasteiger partial charge in [0.15, 0.2) is 6.54 Å². The average Bonchev–Trinajstić information content (AvgIpc) is 3.38. The number of carbonyl (C=O) groups excluding carboxylic acids is 3. The molecule has 29 heavy (non-hydrogen) atoms. The molecule has 4 rings (SSSR count). The van der Waals surface area contributed by atoms with Crippen molar-refractivity contribution >= 4 is 17.8 Å². The Hall–Kier alpha value is -3.13. The Kier molecular flexibility index (Phi) is 4.87. The Morgan fingerprint density at radius 1 is 1.24 bits per heavy atom. The van der Waals surface area contributed by atoms with Crippen LogP contribution < -0.4 is 15.6 Å². The van der Waals surface area contributed by atoms with Crippen LogP contribution in [-0.4, -0.2) is 40.5 Å². The first-order chi connectivity index (χ1) is 13.9. The molecule has 2 aliphatic rings. The van der Waals surface area contributed by atoms with Gasteiger partial charge in [-0.1, -0.05) is 30.3 Å². The number of hydrogen-bond donors (Lipinski definition) is 3. The van der Waals surface area contributed by atoms with Crippen LogP contribution in [0.1, 0.15) is 37.1 Å². The smallest absolute Gasteiger partial charge is 0.344 e. The second-order valence-electron chi connectivity index (χ2n) is 7.92. The van der Waals surface area contributed by atoms with E-state index >= 15 is 0 Å². The molecule has 1 aromatic heterocycles. The molecule has 2 fully saturated rings. The van der Waals surface area contributed by atoms with Gasteiger partial charge in [0.05, 0.1) is 12.2 Å². The lowest BCUT2D eigenvalue weighted by Gasteiger charge is -2.24. The van der Waals surface area contributed by atoms with E-state index in [1.54, 1.807) is 19.1 Å². The molecule has 1 aromatic carbocycles. The van der Waals surface area contributed by atoms with E-state index < -0.39 is 17.5 Å². The molecule has 2 aromatic rings. The van der Waals surface area contributed by atoms with Crippen molar-refractivity contribution in [3.05, 3.63) is 59.9 Å². The molecule has 8 heteroatoms. The molecular weight excluding hydrogens is 370 g/mol. The number of imide groups is 1. The number of carbonyl (C=O) groups is 3. The maximum absolute atomic E-state index is 12.9. The minimum absolute atomic E-state index is 0.203. The molecule has 0 spiro atoms. The first-order valence-corrected chi connectivity index (χ1v) is 9.87. The SMILES string of the molecule is Cn1cccc1[C@H]1CCC[NH+]1CC(=O)NN1C(=O)N[C@](C)(c2ccccc2)C1=O. The van der Waals surface area contributed by atoms with Crippen molar-refractivity contribution in [3.63, 3.8) is 0 Å². The summed E-state index contributed by atoms with van der Waals surface area (Å²) in [5.74, 6) is -0.834. The normalized spacial score (nSPS) is 26.6. The summed E-state index contributed by atoms with van der Waals surface area (Å²) < 4.78 is 2.08. The highest BCUT2D eigenvalue weighted by Gasteiger charge is 2.50. The number of likely N-dealkylation sites (tertiary alicyclic amines) is 1. The van der Waals surface area contributed by atoms with Gasteiger partial charge in [0.25, 0.3) is 11.8 Å². The van der Waals surface area contributed by atoms with Crippen molar-refractivity contribution in [1.82, 2.24) is 20.3 Å². The topological polar surface area (TPSA) is 87.9 Å². The van der Waals surface area contributed by atoms with E-state index in [0.717, 1.165) is 29.3 Å². The molecule has 1 unspecified atom stereocenters. The van der Waals surface area contributed by atoms with Crippen LogP contribution in [0.5, 0.6) is 0 Å². The lowest BCUT2D eigenvalue weighted by molar-refractivity contribution is -0.911. The summed E-state index contributed by atoms with van der Waals surface area (Å²) in [5.41, 5.74) is 3.18. The third-order valence-electron chi connectivity index (χ3n) is 5.99. The number of hydrogen-bond acceptors (Lipinski definition) is 3. The number of hydrazine groups is 1. The number of rotatable bonds is 5. The summed E-state index contributed by atoms with van der Waals surface area (Å²) >= 11 is 0. The second-order valence-corrected chi connectivity index (χ2v) is 7.92. The molecule has 4 amide bonds.